The molecular weight excluding hydrogens is 251 g/mol. The average molecular weight is 269 g/mol. The largest absolute Gasteiger partial charge is 0.406 e. The Balaban J connectivity index is 1.86. The first-order chi connectivity index (χ1) is 8.93. The minimum Gasteiger partial charge on any atom is -0.297 e. The van der Waals surface area contributed by atoms with E-state index in [1.807, 2.05) is 24.3 Å². The quantitative estimate of drug-likeness (QED) is 0.843. The normalized spacial score (nSPS) is 28.8. The van der Waals surface area contributed by atoms with E-state index in [0.29, 0.717) is 5.92 Å². The Morgan fingerprint density at radius 2 is 1.74 bits per heavy atom. The summed E-state index contributed by atoms with van der Waals surface area (Å²) in [6, 6.07) is 7.74. The van der Waals surface area contributed by atoms with E-state index in [1.165, 1.54) is 5.56 Å². The van der Waals surface area contributed by atoms with Crippen LogP contribution in [0.5, 0.6) is 0 Å². The fraction of sp³-hybridized carbons (Fsp3) is 0.600. The van der Waals surface area contributed by atoms with Crippen molar-refractivity contribution in [2.24, 2.45) is 0 Å². The molecule has 0 bridgehead atoms. The summed E-state index contributed by atoms with van der Waals surface area (Å²) in [5.41, 5.74) is 0.631. The van der Waals surface area contributed by atoms with Crippen LogP contribution < -0.4 is 5.32 Å². The van der Waals surface area contributed by atoms with Gasteiger partial charge in [-0.2, -0.15) is 13.2 Å². The highest BCUT2D eigenvalue weighted by Gasteiger charge is 2.63. The van der Waals surface area contributed by atoms with E-state index in [-0.39, 0.29) is 18.9 Å². The van der Waals surface area contributed by atoms with Crippen LogP contribution in [-0.4, -0.2) is 11.7 Å². The van der Waals surface area contributed by atoms with Gasteiger partial charge in [-0.15, -0.1) is 0 Å². The van der Waals surface area contributed by atoms with Gasteiger partial charge in [0.15, 0.2) is 0 Å². The zero-order chi connectivity index (χ0) is 13.7. The van der Waals surface area contributed by atoms with Gasteiger partial charge in [0.1, 0.15) is 5.54 Å². The van der Waals surface area contributed by atoms with Gasteiger partial charge in [0.2, 0.25) is 0 Å². The molecule has 4 heteroatoms. The molecule has 2 aliphatic carbocycles. The SMILES string of the molecule is CC1CCC(NC2(C(F)(F)F)CC2)c2ccccc21. The summed E-state index contributed by atoms with van der Waals surface area (Å²) in [4.78, 5) is 0. The molecule has 1 aromatic carbocycles. The maximum absolute atomic E-state index is 13.0. The second-order valence-corrected chi connectivity index (χ2v) is 5.88. The van der Waals surface area contributed by atoms with Crippen molar-refractivity contribution in [1.29, 1.82) is 0 Å². The van der Waals surface area contributed by atoms with E-state index >= 15 is 0 Å². The van der Waals surface area contributed by atoms with Crippen LogP contribution >= 0.6 is 0 Å². The summed E-state index contributed by atoms with van der Waals surface area (Å²) in [5, 5.41) is 2.90. The van der Waals surface area contributed by atoms with Crippen LogP contribution in [0.3, 0.4) is 0 Å². The molecule has 2 aliphatic rings. The van der Waals surface area contributed by atoms with E-state index in [4.69, 9.17) is 0 Å². The molecule has 0 spiro atoms. The van der Waals surface area contributed by atoms with Crippen molar-refractivity contribution in [2.45, 2.75) is 56.3 Å². The number of fused-ring (bicyclic) bond motifs is 1. The molecule has 1 saturated carbocycles. The summed E-state index contributed by atoms with van der Waals surface area (Å²) < 4.78 is 39.1. The third kappa shape index (κ3) is 2.16. The summed E-state index contributed by atoms with van der Waals surface area (Å²) >= 11 is 0. The molecule has 2 atom stereocenters. The van der Waals surface area contributed by atoms with E-state index in [9.17, 15) is 13.2 Å². The molecule has 0 heterocycles. The van der Waals surface area contributed by atoms with Crippen molar-refractivity contribution in [2.75, 3.05) is 0 Å². The second kappa shape index (κ2) is 4.23. The van der Waals surface area contributed by atoms with Crippen molar-refractivity contribution >= 4 is 0 Å². The maximum atomic E-state index is 13.0. The number of alkyl halides is 3. The molecule has 2 unspecified atom stereocenters. The smallest absolute Gasteiger partial charge is 0.297 e. The second-order valence-electron chi connectivity index (χ2n) is 5.88. The predicted octanol–water partition coefficient (Wildman–Crippen LogP) is 4.31. The Labute approximate surface area is 111 Å². The molecule has 0 saturated heterocycles. The molecule has 1 nitrogen and oxygen atoms in total. The molecule has 1 N–H and O–H groups in total. The van der Waals surface area contributed by atoms with E-state index in [1.54, 1.807) is 0 Å². The first-order valence-electron chi connectivity index (χ1n) is 6.86. The summed E-state index contributed by atoms with van der Waals surface area (Å²) in [5.74, 6) is 0.440. The number of nitrogens with one attached hydrogen (secondary N) is 1. The molecule has 0 aromatic heterocycles. The molecule has 104 valence electrons. The monoisotopic (exact) mass is 269 g/mol. The lowest BCUT2D eigenvalue weighted by molar-refractivity contribution is -0.168. The zero-order valence-corrected chi connectivity index (χ0v) is 10.9. The number of rotatable bonds is 2. The fourth-order valence-electron chi connectivity index (χ4n) is 3.12. The zero-order valence-electron chi connectivity index (χ0n) is 10.9. The molecule has 0 amide bonds. The minimum absolute atomic E-state index is 0.156. The van der Waals surface area contributed by atoms with Gasteiger partial charge in [0.05, 0.1) is 0 Å². The Kier molecular flexibility index (Phi) is 2.89. The van der Waals surface area contributed by atoms with Crippen LogP contribution in [0.1, 0.15) is 55.7 Å². The van der Waals surface area contributed by atoms with Gasteiger partial charge in [-0.1, -0.05) is 31.2 Å². The van der Waals surface area contributed by atoms with Crippen molar-refractivity contribution in [3.8, 4) is 0 Å². The third-order valence-corrected chi connectivity index (χ3v) is 4.53. The van der Waals surface area contributed by atoms with Crippen molar-refractivity contribution in [3.05, 3.63) is 35.4 Å². The molecule has 1 aromatic rings. The fourth-order valence-corrected chi connectivity index (χ4v) is 3.12. The summed E-state index contributed by atoms with van der Waals surface area (Å²) in [6.45, 7) is 2.14. The first kappa shape index (κ1) is 13.0. The molecule has 3 rings (SSSR count). The van der Waals surface area contributed by atoms with Gasteiger partial charge < -0.3 is 0 Å². The van der Waals surface area contributed by atoms with Crippen LogP contribution in [-0.2, 0) is 0 Å². The highest BCUT2D eigenvalue weighted by atomic mass is 19.4. The standard InChI is InChI=1S/C15H18F3N/c1-10-6-7-13(12-5-3-2-4-11(10)12)19-14(8-9-14)15(16,17)18/h2-5,10,13,19H,6-9H2,1H3. The molecular formula is C15H18F3N. The molecule has 0 radical (unpaired) electrons. The Bertz CT molecular complexity index is 477. The first-order valence-corrected chi connectivity index (χ1v) is 6.86. The Hall–Kier alpha value is -1.03. The topological polar surface area (TPSA) is 12.0 Å². The van der Waals surface area contributed by atoms with Crippen LogP contribution in [0.25, 0.3) is 0 Å². The van der Waals surface area contributed by atoms with Crippen molar-refractivity contribution in [1.82, 2.24) is 5.32 Å². The van der Waals surface area contributed by atoms with Gasteiger partial charge in [-0.05, 0) is 42.7 Å². The van der Waals surface area contributed by atoms with E-state index in [2.05, 4.69) is 12.2 Å². The lowest BCUT2D eigenvalue weighted by Crippen LogP contribution is -2.47. The molecule has 0 aliphatic heterocycles. The van der Waals surface area contributed by atoms with Crippen LogP contribution in [0.15, 0.2) is 24.3 Å². The number of hydrogen-bond donors (Lipinski definition) is 1. The Morgan fingerprint density at radius 1 is 1.11 bits per heavy atom. The van der Waals surface area contributed by atoms with Crippen LogP contribution in [0.2, 0.25) is 0 Å². The van der Waals surface area contributed by atoms with E-state index in [0.717, 1.165) is 18.4 Å². The van der Waals surface area contributed by atoms with Gasteiger partial charge in [-0.25, -0.2) is 0 Å². The molecule has 19 heavy (non-hydrogen) atoms. The highest BCUT2D eigenvalue weighted by molar-refractivity contribution is 5.35. The predicted molar refractivity (Wildman–Crippen MR) is 68.0 cm³/mol. The number of benzene rings is 1. The van der Waals surface area contributed by atoms with Gasteiger partial charge in [0.25, 0.3) is 0 Å². The molecule has 1 fully saturated rings. The number of hydrogen-bond acceptors (Lipinski definition) is 1. The average Bonchev–Trinajstić information content (AvgIpc) is 3.14. The van der Waals surface area contributed by atoms with Gasteiger partial charge in [-0.3, -0.25) is 5.32 Å². The summed E-state index contributed by atoms with van der Waals surface area (Å²) in [7, 11) is 0. The van der Waals surface area contributed by atoms with Gasteiger partial charge >= 0.3 is 6.18 Å². The lowest BCUT2D eigenvalue weighted by Gasteiger charge is -2.34. The van der Waals surface area contributed by atoms with Crippen LogP contribution in [0, 0.1) is 0 Å². The maximum Gasteiger partial charge on any atom is 0.406 e. The third-order valence-electron chi connectivity index (χ3n) is 4.53. The van der Waals surface area contributed by atoms with Crippen molar-refractivity contribution < 1.29 is 13.2 Å². The minimum atomic E-state index is -4.13. The highest BCUT2D eigenvalue weighted by Crippen LogP contribution is 2.51. The Morgan fingerprint density at radius 3 is 2.32 bits per heavy atom. The van der Waals surface area contributed by atoms with Gasteiger partial charge in [0, 0.05) is 6.04 Å². The van der Waals surface area contributed by atoms with Crippen molar-refractivity contribution in [3.63, 3.8) is 0 Å². The number of halogens is 3. The lowest BCUT2D eigenvalue weighted by atomic mass is 9.80. The van der Waals surface area contributed by atoms with E-state index < -0.39 is 11.7 Å². The summed E-state index contributed by atoms with van der Waals surface area (Å²) in [6.07, 6.45) is -1.97. The van der Waals surface area contributed by atoms with Crippen LogP contribution in [0.4, 0.5) is 13.2 Å².